The van der Waals surface area contributed by atoms with Crippen LogP contribution in [0.25, 0.3) is 10.8 Å². The molecule has 0 aliphatic rings. The van der Waals surface area contributed by atoms with Gasteiger partial charge in [0.05, 0.1) is 17.8 Å². The zero-order chi connectivity index (χ0) is 21.7. The summed E-state index contributed by atoms with van der Waals surface area (Å²) in [5, 5.41) is 5.94. The second-order valence-corrected chi connectivity index (χ2v) is 6.19. The minimum absolute atomic E-state index is 0.257. The Bertz CT molecular complexity index is 1130. The highest BCUT2D eigenvalue weighted by atomic mass is 19.2. The van der Waals surface area contributed by atoms with Crippen molar-refractivity contribution in [3.63, 3.8) is 0 Å². The summed E-state index contributed by atoms with van der Waals surface area (Å²) >= 11 is 0. The molecule has 0 aliphatic heterocycles. The molecule has 0 fully saturated rings. The monoisotopic (exact) mass is 416 g/mol. The molecule has 0 saturated carbocycles. The molecule has 0 unspecified atom stereocenters. The number of ether oxygens (including phenoxy) is 1. The van der Waals surface area contributed by atoms with Crippen LogP contribution >= 0.6 is 0 Å². The van der Waals surface area contributed by atoms with E-state index in [4.69, 9.17) is 4.74 Å². The number of benzene rings is 3. The molecule has 2 amide bonds. The summed E-state index contributed by atoms with van der Waals surface area (Å²) in [6, 6.07) is 13.8. The number of amides is 2. The predicted molar refractivity (Wildman–Crippen MR) is 102 cm³/mol. The van der Waals surface area contributed by atoms with E-state index in [0.29, 0.717) is 6.07 Å². The van der Waals surface area contributed by atoms with E-state index in [1.165, 1.54) is 0 Å². The van der Waals surface area contributed by atoms with Crippen molar-refractivity contribution in [1.29, 1.82) is 0 Å². The van der Waals surface area contributed by atoms with Crippen LogP contribution in [0.5, 0.6) is 0 Å². The van der Waals surface area contributed by atoms with Crippen LogP contribution < -0.4 is 10.6 Å². The molecule has 0 atom stereocenters. The van der Waals surface area contributed by atoms with Crippen molar-refractivity contribution in [3.8, 4) is 0 Å². The second kappa shape index (κ2) is 9.08. The fourth-order valence-electron chi connectivity index (χ4n) is 2.58. The summed E-state index contributed by atoms with van der Waals surface area (Å²) in [6.45, 7) is -1.23. The van der Waals surface area contributed by atoms with E-state index in [1.807, 2.05) is 29.6 Å². The van der Waals surface area contributed by atoms with Crippen LogP contribution in [-0.2, 0) is 14.3 Å². The summed E-state index contributed by atoms with van der Waals surface area (Å²) < 4.78 is 44.4. The zero-order valence-electron chi connectivity index (χ0n) is 15.4. The standard InChI is InChI=1S/C21H15F3N2O4/c22-15-7-8-16(20(24)19(15)23)26-17(27)10-25-18(28)11-30-21(29)14-6-5-12-3-1-2-4-13(12)9-14/h1-9H,10-11H2,(H,25,28)(H,26,27). The number of carbonyl (C=O) groups is 3. The first-order valence-corrected chi connectivity index (χ1v) is 8.71. The van der Waals surface area contributed by atoms with Crippen molar-refractivity contribution in [1.82, 2.24) is 5.32 Å². The van der Waals surface area contributed by atoms with Gasteiger partial charge in [0.15, 0.2) is 24.1 Å². The SMILES string of the molecule is O=C(COC(=O)c1ccc2ccccc2c1)NCC(=O)Nc1ccc(F)c(F)c1F. The van der Waals surface area contributed by atoms with Gasteiger partial charge in [-0.1, -0.05) is 30.3 Å². The quantitative estimate of drug-likeness (QED) is 0.478. The van der Waals surface area contributed by atoms with Gasteiger partial charge in [0.1, 0.15) is 0 Å². The molecule has 0 radical (unpaired) electrons. The highest BCUT2D eigenvalue weighted by molar-refractivity contribution is 5.97. The predicted octanol–water partition coefficient (Wildman–Crippen LogP) is 3.17. The molecular formula is C21H15F3N2O4. The van der Waals surface area contributed by atoms with Crippen molar-refractivity contribution in [3.05, 3.63) is 77.6 Å². The van der Waals surface area contributed by atoms with E-state index in [1.54, 1.807) is 18.2 Å². The summed E-state index contributed by atoms with van der Waals surface area (Å²) in [5.74, 6) is -7.05. The Morgan fingerprint density at radius 3 is 2.33 bits per heavy atom. The molecule has 0 saturated heterocycles. The topological polar surface area (TPSA) is 84.5 Å². The number of nitrogens with one attached hydrogen (secondary N) is 2. The fraction of sp³-hybridized carbons (Fsp3) is 0.0952. The maximum atomic E-state index is 13.5. The molecule has 3 aromatic carbocycles. The van der Waals surface area contributed by atoms with Gasteiger partial charge in [0, 0.05) is 0 Å². The summed E-state index contributed by atoms with van der Waals surface area (Å²) in [6.07, 6.45) is 0. The Morgan fingerprint density at radius 1 is 0.833 bits per heavy atom. The van der Waals surface area contributed by atoms with E-state index in [0.717, 1.165) is 16.8 Å². The van der Waals surface area contributed by atoms with Gasteiger partial charge in [-0.3, -0.25) is 9.59 Å². The molecule has 6 nitrogen and oxygen atoms in total. The number of hydrogen-bond donors (Lipinski definition) is 2. The van der Waals surface area contributed by atoms with Crippen molar-refractivity contribution in [2.24, 2.45) is 0 Å². The summed E-state index contributed by atoms with van der Waals surface area (Å²) in [7, 11) is 0. The summed E-state index contributed by atoms with van der Waals surface area (Å²) in [4.78, 5) is 35.6. The molecule has 0 spiro atoms. The average molecular weight is 416 g/mol. The van der Waals surface area contributed by atoms with Crippen LogP contribution in [0, 0.1) is 17.5 Å². The number of anilines is 1. The molecule has 0 bridgehead atoms. The maximum Gasteiger partial charge on any atom is 0.338 e. The van der Waals surface area contributed by atoms with E-state index in [9.17, 15) is 27.6 Å². The molecule has 3 aromatic rings. The number of rotatable bonds is 6. The van der Waals surface area contributed by atoms with Crippen molar-refractivity contribution in [2.75, 3.05) is 18.5 Å². The average Bonchev–Trinajstić information content (AvgIpc) is 2.76. The van der Waals surface area contributed by atoms with Crippen LogP contribution in [-0.4, -0.2) is 30.9 Å². The Kier molecular flexibility index (Phi) is 6.31. The molecule has 0 heterocycles. The summed E-state index contributed by atoms with van der Waals surface area (Å²) in [5.41, 5.74) is -0.316. The third kappa shape index (κ3) is 4.93. The van der Waals surface area contributed by atoms with E-state index in [2.05, 4.69) is 5.32 Å². The molecule has 3 rings (SSSR count). The van der Waals surface area contributed by atoms with E-state index >= 15 is 0 Å². The highest BCUT2D eigenvalue weighted by Gasteiger charge is 2.16. The second-order valence-electron chi connectivity index (χ2n) is 6.19. The molecule has 154 valence electrons. The number of esters is 1. The Balaban J connectivity index is 1.47. The molecule has 30 heavy (non-hydrogen) atoms. The smallest absolute Gasteiger partial charge is 0.338 e. The van der Waals surface area contributed by atoms with Gasteiger partial charge in [-0.2, -0.15) is 0 Å². The first kappa shape index (κ1) is 20.8. The minimum Gasteiger partial charge on any atom is -0.452 e. The Morgan fingerprint density at radius 2 is 1.57 bits per heavy atom. The van der Waals surface area contributed by atoms with Crippen LogP contribution in [0.2, 0.25) is 0 Å². The van der Waals surface area contributed by atoms with Crippen molar-refractivity contribution < 1.29 is 32.3 Å². The number of halogens is 3. The van der Waals surface area contributed by atoms with E-state index < -0.39 is 54.1 Å². The van der Waals surface area contributed by atoms with Gasteiger partial charge in [-0.15, -0.1) is 0 Å². The lowest BCUT2D eigenvalue weighted by Gasteiger charge is -2.09. The first-order chi connectivity index (χ1) is 14.3. The van der Waals surface area contributed by atoms with Crippen LogP contribution in [0.4, 0.5) is 18.9 Å². The van der Waals surface area contributed by atoms with E-state index in [-0.39, 0.29) is 5.56 Å². The molecular weight excluding hydrogens is 401 g/mol. The minimum atomic E-state index is -1.72. The lowest BCUT2D eigenvalue weighted by atomic mass is 10.1. The Labute approximate surface area is 168 Å². The number of carbonyl (C=O) groups excluding carboxylic acids is 3. The lowest BCUT2D eigenvalue weighted by molar-refractivity contribution is -0.126. The molecule has 0 aliphatic carbocycles. The van der Waals surface area contributed by atoms with Crippen molar-refractivity contribution >= 4 is 34.2 Å². The Hall–Kier alpha value is -3.88. The van der Waals surface area contributed by atoms with Gasteiger partial charge < -0.3 is 15.4 Å². The largest absolute Gasteiger partial charge is 0.452 e. The number of fused-ring (bicyclic) bond motifs is 1. The molecule has 9 heteroatoms. The van der Waals surface area contributed by atoms with Crippen molar-refractivity contribution in [2.45, 2.75) is 0 Å². The number of hydrogen-bond acceptors (Lipinski definition) is 4. The normalized spacial score (nSPS) is 10.5. The molecule has 0 aromatic heterocycles. The third-order valence-electron chi connectivity index (χ3n) is 4.07. The van der Waals surface area contributed by atoms with Crippen LogP contribution in [0.15, 0.2) is 54.6 Å². The fourth-order valence-corrected chi connectivity index (χ4v) is 2.58. The van der Waals surface area contributed by atoms with Gasteiger partial charge in [0.2, 0.25) is 5.91 Å². The van der Waals surface area contributed by atoms with Gasteiger partial charge >= 0.3 is 5.97 Å². The van der Waals surface area contributed by atoms with Gasteiger partial charge in [-0.25, -0.2) is 18.0 Å². The molecule has 2 N–H and O–H groups in total. The highest BCUT2D eigenvalue weighted by Crippen LogP contribution is 2.19. The van der Waals surface area contributed by atoms with Gasteiger partial charge in [0.25, 0.3) is 5.91 Å². The lowest BCUT2D eigenvalue weighted by Crippen LogP contribution is -2.35. The third-order valence-corrected chi connectivity index (χ3v) is 4.07. The van der Waals surface area contributed by atoms with Crippen LogP contribution in [0.1, 0.15) is 10.4 Å². The maximum absolute atomic E-state index is 13.5. The zero-order valence-corrected chi connectivity index (χ0v) is 15.4. The first-order valence-electron chi connectivity index (χ1n) is 8.71. The van der Waals surface area contributed by atoms with Gasteiger partial charge in [-0.05, 0) is 35.0 Å². The van der Waals surface area contributed by atoms with Crippen LogP contribution in [0.3, 0.4) is 0 Å².